The summed E-state index contributed by atoms with van der Waals surface area (Å²) in [6.45, 7) is -0.176. The molecule has 1 fully saturated rings. The van der Waals surface area contributed by atoms with E-state index in [2.05, 4.69) is 0 Å². The lowest BCUT2D eigenvalue weighted by molar-refractivity contribution is -0.142. The average molecular weight is 399 g/mol. The summed E-state index contributed by atoms with van der Waals surface area (Å²) in [6, 6.07) is 10.9. The fraction of sp³-hybridized carbons (Fsp3) is 0.278. The topological polar surface area (TPSA) is 74.7 Å². The monoisotopic (exact) mass is 399 g/mol. The second-order valence-corrected chi connectivity index (χ2v) is 8.06. The molecule has 1 N–H and O–H groups in total. The van der Waals surface area contributed by atoms with Crippen molar-refractivity contribution in [3.05, 3.63) is 65.7 Å². The van der Waals surface area contributed by atoms with Gasteiger partial charge in [-0.1, -0.05) is 42.5 Å². The van der Waals surface area contributed by atoms with Gasteiger partial charge < -0.3 is 5.11 Å². The Hall–Kier alpha value is -2.39. The third-order valence-electron chi connectivity index (χ3n) is 4.59. The minimum Gasteiger partial charge on any atom is -0.481 e. The molecular weight excluding hydrogens is 383 g/mol. The molecule has 2 aromatic rings. The van der Waals surface area contributed by atoms with E-state index in [1.807, 2.05) is 0 Å². The number of sulfonamides is 1. The molecule has 2 atom stereocenters. The van der Waals surface area contributed by atoms with Crippen LogP contribution < -0.4 is 0 Å². The van der Waals surface area contributed by atoms with Crippen LogP contribution >= 0.6 is 0 Å². The van der Waals surface area contributed by atoms with Crippen molar-refractivity contribution in [2.24, 2.45) is 5.92 Å². The molecule has 2 aromatic carbocycles. The van der Waals surface area contributed by atoms with Gasteiger partial charge in [-0.05, 0) is 24.1 Å². The van der Waals surface area contributed by atoms with E-state index in [0.29, 0.717) is 11.6 Å². The Kier molecular flexibility index (Phi) is 5.00. The summed E-state index contributed by atoms with van der Waals surface area (Å²) in [5.74, 6) is -2.23. The maximum absolute atomic E-state index is 13.3. The number of hydrogen-bond acceptors (Lipinski definition) is 3. The molecule has 0 spiro atoms. The molecule has 0 bridgehead atoms. The van der Waals surface area contributed by atoms with Crippen molar-refractivity contribution in [2.75, 3.05) is 6.54 Å². The summed E-state index contributed by atoms with van der Waals surface area (Å²) in [6.07, 6.45) is -4.83. The lowest BCUT2D eigenvalue weighted by Gasteiger charge is -2.27. The van der Waals surface area contributed by atoms with E-state index in [4.69, 9.17) is 0 Å². The SMILES string of the molecule is O=C(O)C1CCN(S(=O)(=O)c2ccccc2C(F)(F)F)C1c1ccccc1. The van der Waals surface area contributed by atoms with E-state index in [1.54, 1.807) is 30.3 Å². The van der Waals surface area contributed by atoms with Crippen molar-refractivity contribution < 1.29 is 31.5 Å². The smallest absolute Gasteiger partial charge is 0.417 e. The molecule has 27 heavy (non-hydrogen) atoms. The summed E-state index contributed by atoms with van der Waals surface area (Å²) < 4.78 is 67.0. The number of carboxylic acid groups (broad SMARTS) is 1. The standard InChI is InChI=1S/C18H16F3NO4S/c19-18(20,21)14-8-4-5-9-15(14)27(25,26)22-11-10-13(17(23)24)16(22)12-6-2-1-3-7-12/h1-9,13,16H,10-11H2,(H,23,24). The van der Waals surface area contributed by atoms with Gasteiger partial charge in [0.1, 0.15) is 0 Å². The largest absolute Gasteiger partial charge is 0.481 e. The number of carbonyl (C=O) groups is 1. The lowest BCUT2D eigenvalue weighted by atomic mass is 9.94. The molecule has 144 valence electrons. The highest BCUT2D eigenvalue weighted by Crippen LogP contribution is 2.43. The van der Waals surface area contributed by atoms with Crippen LogP contribution in [0.3, 0.4) is 0 Å². The number of carboxylic acids is 1. The number of benzene rings is 2. The molecule has 3 rings (SSSR count). The molecule has 1 saturated heterocycles. The minimum atomic E-state index is -4.85. The zero-order valence-corrected chi connectivity index (χ0v) is 14.7. The van der Waals surface area contributed by atoms with E-state index in [9.17, 15) is 31.5 Å². The van der Waals surface area contributed by atoms with Gasteiger partial charge in [0.15, 0.2) is 0 Å². The van der Waals surface area contributed by atoms with E-state index >= 15 is 0 Å². The van der Waals surface area contributed by atoms with Gasteiger partial charge in [0, 0.05) is 6.54 Å². The first-order valence-electron chi connectivity index (χ1n) is 8.10. The first-order chi connectivity index (χ1) is 12.6. The summed E-state index contributed by atoms with van der Waals surface area (Å²) in [5.41, 5.74) is -0.842. The number of alkyl halides is 3. The highest BCUT2D eigenvalue weighted by atomic mass is 32.2. The molecule has 1 heterocycles. The Bertz CT molecular complexity index is 945. The highest BCUT2D eigenvalue weighted by molar-refractivity contribution is 7.89. The predicted octanol–water partition coefficient (Wildman–Crippen LogP) is 3.54. The zero-order chi connectivity index (χ0) is 19.8. The summed E-state index contributed by atoms with van der Waals surface area (Å²) in [5, 5.41) is 9.48. The van der Waals surface area contributed by atoms with Gasteiger partial charge >= 0.3 is 12.1 Å². The fourth-order valence-electron chi connectivity index (χ4n) is 3.39. The highest BCUT2D eigenvalue weighted by Gasteiger charge is 2.47. The van der Waals surface area contributed by atoms with Crippen molar-refractivity contribution in [3.63, 3.8) is 0 Å². The lowest BCUT2D eigenvalue weighted by Crippen LogP contribution is -2.34. The Labute approximate surface area is 154 Å². The summed E-state index contributed by atoms with van der Waals surface area (Å²) >= 11 is 0. The quantitative estimate of drug-likeness (QED) is 0.853. The number of aliphatic carboxylic acids is 1. The predicted molar refractivity (Wildman–Crippen MR) is 90.3 cm³/mol. The van der Waals surface area contributed by atoms with Crippen molar-refractivity contribution in [3.8, 4) is 0 Å². The Morgan fingerprint density at radius 2 is 1.63 bits per heavy atom. The van der Waals surface area contributed by atoms with E-state index in [0.717, 1.165) is 16.4 Å². The van der Waals surface area contributed by atoms with Crippen molar-refractivity contribution in [1.29, 1.82) is 0 Å². The van der Waals surface area contributed by atoms with Crippen LogP contribution in [-0.4, -0.2) is 30.3 Å². The molecule has 1 aliphatic heterocycles. The number of rotatable bonds is 4. The normalized spacial score (nSPS) is 21.3. The first kappa shape index (κ1) is 19.4. The zero-order valence-electron chi connectivity index (χ0n) is 13.9. The van der Waals surface area contributed by atoms with Crippen LogP contribution in [0, 0.1) is 5.92 Å². The van der Waals surface area contributed by atoms with Gasteiger partial charge in [-0.25, -0.2) is 8.42 Å². The average Bonchev–Trinajstić information content (AvgIpc) is 3.08. The van der Waals surface area contributed by atoms with Crippen molar-refractivity contribution >= 4 is 16.0 Å². The fourth-order valence-corrected chi connectivity index (χ4v) is 5.27. The maximum atomic E-state index is 13.3. The molecule has 0 radical (unpaired) electrons. The van der Waals surface area contributed by atoms with Gasteiger partial charge in [0.05, 0.1) is 22.4 Å². The Balaban J connectivity index is 2.13. The van der Waals surface area contributed by atoms with Crippen LogP contribution in [0.15, 0.2) is 59.5 Å². The molecule has 1 aliphatic rings. The van der Waals surface area contributed by atoms with Gasteiger partial charge in [-0.15, -0.1) is 0 Å². The second-order valence-electron chi connectivity index (χ2n) is 6.20. The Morgan fingerprint density at radius 3 is 2.22 bits per heavy atom. The Morgan fingerprint density at radius 1 is 1.04 bits per heavy atom. The number of nitrogens with zero attached hydrogens (tertiary/aromatic N) is 1. The molecule has 0 amide bonds. The van der Waals surface area contributed by atoms with Gasteiger partial charge in [0.25, 0.3) is 0 Å². The van der Waals surface area contributed by atoms with Crippen LogP contribution in [-0.2, 0) is 21.0 Å². The molecule has 9 heteroatoms. The molecule has 5 nitrogen and oxygen atoms in total. The number of hydrogen-bond donors (Lipinski definition) is 1. The third kappa shape index (κ3) is 3.57. The van der Waals surface area contributed by atoms with E-state index in [-0.39, 0.29) is 13.0 Å². The molecule has 0 saturated carbocycles. The van der Waals surface area contributed by atoms with Crippen LogP contribution in [0.1, 0.15) is 23.6 Å². The molecule has 0 aliphatic carbocycles. The van der Waals surface area contributed by atoms with Crippen LogP contribution in [0.5, 0.6) is 0 Å². The minimum absolute atomic E-state index is 0.0162. The summed E-state index contributed by atoms with van der Waals surface area (Å²) in [4.78, 5) is 10.7. The van der Waals surface area contributed by atoms with Crippen molar-refractivity contribution in [2.45, 2.75) is 23.5 Å². The maximum Gasteiger partial charge on any atom is 0.417 e. The van der Waals surface area contributed by atoms with Crippen LogP contribution in [0.4, 0.5) is 13.2 Å². The number of halogens is 3. The first-order valence-corrected chi connectivity index (χ1v) is 9.54. The van der Waals surface area contributed by atoms with E-state index in [1.165, 1.54) is 6.07 Å². The van der Waals surface area contributed by atoms with Crippen molar-refractivity contribution in [1.82, 2.24) is 4.31 Å². The van der Waals surface area contributed by atoms with Gasteiger partial charge in [-0.3, -0.25) is 4.79 Å². The van der Waals surface area contributed by atoms with Gasteiger partial charge in [0.2, 0.25) is 10.0 Å². The summed E-state index contributed by atoms with van der Waals surface area (Å²) in [7, 11) is -4.57. The van der Waals surface area contributed by atoms with Gasteiger partial charge in [-0.2, -0.15) is 17.5 Å². The van der Waals surface area contributed by atoms with Crippen LogP contribution in [0.2, 0.25) is 0 Å². The second kappa shape index (κ2) is 6.97. The molecule has 2 unspecified atom stereocenters. The third-order valence-corrected chi connectivity index (χ3v) is 6.53. The molecule has 0 aromatic heterocycles. The van der Waals surface area contributed by atoms with Crippen LogP contribution in [0.25, 0.3) is 0 Å². The molecular formula is C18H16F3NO4S. The van der Waals surface area contributed by atoms with E-state index < -0.39 is 44.6 Å².